The van der Waals surface area contributed by atoms with Crippen molar-refractivity contribution in [1.82, 2.24) is 15.5 Å². The van der Waals surface area contributed by atoms with E-state index < -0.39 is 0 Å². The van der Waals surface area contributed by atoms with Crippen molar-refractivity contribution in [3.05, 3.63) is 0 Å². The van der Waals surface area contributed by atoms with E-state index in [0.717, 1.165) is 31.6 Å². The van der Waals surface area contributed by atoms with Crippen molar-refractivity contribution in [3.8, 4) is 0 Å². The molecule has 1 rings (SSSR count). The van der Waals surface area contributed by atoms with Crippen LogP contribution in [0, 0.1) is 5.92 Å². The molecule has 0 aromatic heterocycles. The largest absolute Gasteiger partial charge is 0.383 e. The van der Waals surface area contributed by atoms with Gasteiger partial charge < -0.3 is 15.4 Å². The Morgan fingerprint density at radius 2 is 2.09 bits per heavy atom. The van der Waals surface area contributed by atoms with E-state index in [4.69, 9.17) is 4.74 Å². The third kappa shape index (κ3) is 7.45. The number of likely N-dealkylation sites (tertiary alicyclic amines) is 1. The van der Waals surface area contributed by atoms with Gasteiger partial charge in [0.15, 0.2) is 5.96 Å². The van der Waals surface area contributed by atoms with E-state index in [2.05, 4.69) is 41.3 Å². The average Bonchev–Trinajstić information content (AvgIpc) is 2.94. The quantitative estimate of drug-likeness (QED) is 0.505. The van der Waals surface area contributed by atoms with E-state index in [-0.39, 0.29) is 0 Å². The summed E-state index contributed by atoms with van der Waals surface area (Å²) in [5, 5.41) is 6.99. The highest BCUT2D eigenvalue weighted by Crippen LogP contribution is 2.15. The van der Waals surface area contributed by atoms with Crippen molar-refractivity contribution in [2.24, 2.45) is 10.9 Å². The molecule has 1 heterocycles. The monoisotopic (exact) mass is 312 g/mol. The molecule has 0 aromatic carbocycles. The molecule has 2 unspecified atom stereocenters. The van der Waals surface area contributed by atoms with Crippen LogP contribution in [0.2, 0.25) is 0 Å². The number of aliphatic imine (C=N–C) groups is 1. The molecule has 0 amide bonds. The molecule has 1 fully saturated rings. The predicted octanol–water partition coefficient (Wildman–Crippen LogP) is 2.09. The van der Waals surface area contributed by atoms with Crippen molar-refractivity contribution in [3.63, 3.8) is 0 Å². The average molecular weight is 313 g/mol. The van der Waals surface area contributed by atoms with Gasteiger partial charge in [0.1, 0.15) is 0 Å². The number of rotatable bonds is 9. The lowest BCUT2D eigenvalue weighted by Gasteiger charge is -2.26. The second kappa shape index (κ2) is 10.8. The Kier molecular flexibility index (Phi) is 9.48. The van der Waals surface area contributed by atoms with Crippen LogP contribution in [0.15, 0.2) is 4.99 Å². The summed E-state index contributed by atoms with van der Waals surface area (Å²) < 4.78 is 5.20. The fourth-order valence-electron chi connectivity index (χ4n) is 2.93. The number of nitrogens with zero attached hydrogens (tertiary/aromatic N) is 2. The molecule has 0 bridgehead atoms. The highest BCUT2D eigenvalue weighted by molar-refractivity contribution is 5.79. The minimum atomic E-state index is 0.460. The Morgan fingerprint density at radius 3 is 2.73 bits per heavy atom. The normalized spacial score (nSPS) is 21.4. The summed E-state index contributed by atoms with van der Waals surface area (Å²) in [5.41, 5.74) is 0. The summed E-state index contributed by atoms with van der Waals surface area (Å²) in [6.07, 6.45) is 4.98. The molecule has 0 radical (unpaired) electrons. The lowest BCUT2D eigenvalue weighted by atomic mass is 10.0. The Hall–Kier alpha value is -0.810. The second-order valence-electron chi connectivity index (χ2n) is 6.79. The molecule has 130 valence electrons. The summed E-state index contributed by atoms with van der Waals surface area (Å²) in [6, 6.07) is 1.06. The molecule has 0 saturated carbocycles. The van der Waals surface area contributed by atoms with E-state index in [9.17, 15) is 0 Å². The van der Waals surface area contributed by atoms with Gasteiger partial charge in [-0.05, 0) is 45.1 Å². The predicted molar refractivity (Wildman–Crippen MR) is 94.5 cm³/mol. The Morgan fingerprint density at radius 1 is 1.32 bits per heavy atom. The van der Waals surface area contributed by atoms with E-state index in [0.29, 0.717) is 12.1 Å². The first kappa shape index (κ1) is 19.2. The van der Waals surface area contributed by atoms with Crippen molar-refractivity contribution < 1.29 is 4.74 Å². The molecule has 5 nitrogen and oxygen atoms in total. The van der Waals surface area contributed by atoms with Crippen LogP contribution in [0.3, 0.4) is 0 Å². The molecule has 2 N–H and O–H groups in total. The Labute approximate surface area is 136 Å². The first-order valence-electron chi connectivity index (χ1n) is 8.77. The third-order valence-electron chi connectivity index (χ3n) is 4.37. The number of guanidine groups is 1. The lowest BCUT2D eigenvalue weighted by molar-refractivity contribution is 0.141. The molecule has 0 spiro atoms. The highest BCUT2D eigenvalue weighted by Gasteiger charge is 2.24. The zero-order valence-electron chi connectivity index (χ0n) is 15.2. The standard InChI is InChI=1S/C17H36N4O/c1-14(2)8-9-15(3)20-17(18-4)19-13-16-7-6-10-21(16)11-12-22-5/h14-16H,6-13H2,1-5H3,(H2,18,19,20). The van der Waals surface area contributed by atoms with Gasteiger partial charge in [0, 0.05) is 39.3 Å². The topological polar surface area (TPSA) is 48.9 Å². The van der Waals surface area contributed by atoms with Crippen LogP contribution in [0.1, 0.15) is 46.5 Å². The number of ether oxygens (including phenoxy) is 1. The van der Waals surface area contributed by atoms with Crippen molar-refractivity contribution in [2.45, 2.75) is 58.5 Å². The Bertz CT molecular complexity index is 320. The number of nitrogens with one attached hydrogen (secondary N) is 2. The molecule has 1 aliphatic rings. The maximum atomic E-state index is 5.20. The molecule has 0 aromatic rings. The summed E-state index contributed by atoms with van der Waals surface area (Å²) in [6.45, 7) is 10.8. The van der Waals surface area contributed by atoms with Crippen LogP contribution in [0.4, 0.5) is 0 Å². The molecule has 2 atom stereocenters. The van der Waals surface area contributed by atoms with E-state index in [1.807, 2.05) is 7.05 Å². The first-order chi connectivity index (χ1) is 10.6. The second-order valence-corrected chi connectivity index (χ2v) is 6.79. The van der Waals surface area contributed by atoms with E-state index >= 15 is 0 Å². The van der Waals surface area contributed by atoms with E-state index in [1.165, 1.54) is 32.2 Å². The molecule has 22 heavy (non-hydrogen) atoms. The fraction of sp³-hybridized carbons (Fsp3) is 0.941. The van der Waals surface area contributed by atoms with Gasteiger partial charge in [-0.3, -0.25) is 9.89 Å². The van der Waals surface area contributed by atoms with Gasteiger partial charge in [-0.25, -0.2) is 0 Å². The highest BCUT2D eigenvalue weighted by atomic mass is 16.5. The number of hydrogen-bond acceptors (Lipinski definition) is 3. The lowest BCUT2D eigenvalue weighted by Crippen LogP contribution is -2.47. The maximum Gasteiger partial charge on any atom is 0.191 e. The smallest absolute Gasteiger partial charge is 0.191 e. The molecular weight excluding hydrogens is 276 g/mol. The van der Waals surface area contributed by atoms with Crippen LogP contribution in [-0.4, -0.2) is 63.3 Å². The van der Waals surface area contributed by atoms with Crippen molar-refractivity contribution in [1.29, 1.82) is 0 Å². The maximum absolute atomic E-state index is 5.20. The first-order valence-corrected chi connectivity index (χ1v) is 8.77. The fourth-order valence-corrected chi connectivity index (χ4v) is 2.93. The zero-order valence-corrected chi connectivity index (χ0v) is 15.2. The third-order valence-corrected chi connectivity index (χ3v) is 4.37. The molecular formula is C17H36N4O. The summed E-state index contributed by atoms with van der Waals surface area (Å²) >= 11 is 0. The van der Waals surface area contributed by atoms with Crippen LogP contribution >= 0.6 is 0 Å². The van der Waals surface area contributed by atoms with Gasteiger partial charge in [-0.1, -0.05) is 13.8 Å². The van der Waals surface area contributed by atoms with Gasteiger partial charge in [0.25, 0.3) is 0 Å². The molecule has 5 heteroatoms. The van der Waals surface area contributed by atoms with Crippen LogP contribution in [0.5, 0.6) is 0 Å². The SMILES string of the molecule is CN=C(NCC1CCCN1CCOC)NC(C)CCC(C)C. The van der Waals surface area contributed by atoms with Gasteiger partial charge in [-0.2, -0.15) is 0 Å². The number of methoxy groups -OCH3 is 1. The van der Waals surface area contributed by atoms with Crippen molar-refractivity contribution in [2.75, 3.05) is 40.4 Å². The zero-order chi connectivity index (χ0) is 16.4. The van der Waals surface area contributed by atoms with E-state index in [1.54, 1.807) is 7.11 Å². The van der Waals surface area contributed by atoms with Gasteiger partial charge in [0.05, 0.1) is 6.61 Å². The minimum absolute atomic E-state index is 0.460. The molecule has 0 aliphatic carbocycles. The van der Waals surface area contributed by atoms with Gasteiger partial charge in [-0.15, -0.1) is 0 Å². The van der Waals surface area contributed by atoms with Crippen LogP contribution in [-0.2, 0) is 4.74 Å². The molecule has 1 saturated heterocycles. The Balaban J connectivity index is 2.31. The van der Waals surface area contributed by atoms with Crippen LogP contribution < -0.4 is 10.6 Å². The van der Waals surface area contributed by atoms with Crippen LogP contribution in [0.25, 0.3) is 0 Å². The van der Waals surface area contributed by atoms with Crippen molar-refractivity contribution >= 4 is 5.96 Å². The summed E-state index contributed by atoms with van der Waals surface area (Å²) in [5.74, 6) is 1.68. The number of hydrogen-bond donors (Lipinski definition) is 2. The summed E-state index contributed by atoms with van der Waals surface area (Å²) in [4.78, 5) is 6.87. The van der Waals surface area contributed by atoms with Gasteiger partial charge in [0.2, 0.25) is 0 Å². The van der Waals surface area contributed by atoms with Gasteiger partial charge >= 0.3 is 0 Å². The molecule has 1 aliphatic heterocycles. The minimum Gasteiger partial charge on any atom is -0.383 e. The summed E-state index contributed by atoms with van der Waals surface area (Å²) in [7, 11) is 3.62.